The Labute approximate surface area is 120 Å². The maximum atomic E-state index is 11.3. The van der Waals surface area contributed by atoms with Gasteiger partial charge in [0.25, 0.3) is 5.69 Å². The minimum absolute atomic E-state index is 0.00573. The molecular weight excluding hydrogens is 270 g/mol. The summed E-state index contributed by atoms with van der Waals surface area (Å²) in [4.78, 5) is 15.3. The highest BCUT2D eigenvalue weighted by atomic mass is 16.6. The monoisotopic (exact) mass is 283 g/mol. The molecule has 0 radical (unpaired) electrons. The molecule has 3 rings (SSSR count). The number of anilines is 1. The number of aliphatic hydroxyl groups is 1. The summed E-state index contributed by atoms with van der Waals surface area (Å²) in [5.74, 6) is 0. The van der Waals surface area contributed by atoms with Crippen LogP contribution in [0, 0.1) is 10.1 Å². The number of nitrogens with one attached hydrogen (secondary N) is 1. The molecule has 21 heavy (non-hydrogen) atoms. The molecule has 0 aliphatic heterocycles. The number of nitro benzene ring substituents is 1. The Kier molecular flexibility index (Phi) is 3.37. The number of rotatable bonds is 4. The first-order valence-electron chi connectivity index (χ1n) is 6.53. The molecule has 2 N–H and O–H groups in total. The first kappa shape index (κ1) is 13.3. The van der Waals surface area contributed by atoms with Gasteiger partial charge in [0.1, 0.15) is 5.39 Å². The van der Waals surface area contributed by atoms with Crippen molar-refractivity contribution in [3.63, 3.8) is 0 Å². The van der Waals surface area contributed by atoms with Crippen molar-refractivity contribution in [1.29, 1.82) is 0 Å². The fourth-order valence-electron chi connectivity index (χ4n) is 2.44. The molecule has 0 aliphatic carbocycles. The summed E-state index contributed by atoms with van der Waals surface area (Å²) in [7, 11) is 0. The lowest BCUT2D eigenvalue weighted by Crippen LogP contribution is -2.07. The molecule has 0 aliphatic rings. The predicted molar refractivity (Wildman–Crippen MR) is 81.5 cm³/mol. The standard InChI is InChI=1S/C15H13N3O3/c19-9-8-16-15-10-4-1-2-5-11(10)17-12-6-3-7-13(14(12)15)18(20)21/h1-7,19H,8-9H2,(H,16,17). The van der Waals surface area contributed by atoms with E-state index in [0.29, 0.717) is 23.1 Å². The Hall–Kier alpha value is -2.73. The second-order valence-corrected chi connectivity index (χ2v) is 4.58. The maximum absolute atomic E-state index is 11.3. The van der Waals surface area contributed by atoms with Gasteiger partial charge in [-0.3, -0.25) is 10.1 Å². The van der Waals surface area contributed by atoms with Crippen LogP contribution in [0.3, 0.4) is 0 Å². The van der Waals surface area contributed by atoms with Crippen molar-refractivity contribution >= 4 is 33.2 Å². The van der Waals surface area contributed by atoms with Crippen LogP contribution in [0.5, 0.6) is 0 Å². The van der Waals surface area contributed by atoms with Crippen molar-refractivity contribution in [3.05, 3.63) is 52.6 Å². The number of benzene rings is 2. The van der Waals surface area contributed by atoms with Crippen molar-refractivity contribution in [1.82, 2.24) is 4.98 Å². The number of fused-ring (bicyclic) bond motifs is 2. The third-order valence-corrected chi connectivity index (χ3v) is 3.30. The Morgan fingerprint density at radius 1 is 1.14 bits per heavy atom. The van der Waals surface area contributed by atoms with Gasteiger partial charge < -0.3 is 10.4 Å². The topological polar surface area (TPSA) is 88.3 Å². The third kappa shape index (κ3) is 2.25. The Morgan fingerprint density at radius 3 is 2.67 bits per heavy atom. The van der Waals surface area contributed by atoms with Crippen LogP contribution in [-0.4, -0.2) is 28.2 Å². The number of hydrogen-bond acceptors (Lipinski definition) is 5. The molecule has 3 aromatic rings. The second-order valence-electron chi connectivity index (χ2n) is 4.58. The zero-order valence-corrected chi connectivity index (χ0v) is 11.1. The molecule has 0 spiro atoms. The SMILES string of the molecule is O=[N+]([O-])c1cccc2nc3ccccc3c(NCCO)c12. The summed E-state index contributed by atoms with van der Waals surface area (Å²) in [6.45, 7) is 0.258. The molecule has 0 fully saturated rings. The normalized spacial score (nSPS) is 10.9. The van der Waals surface area contributed by atoms with Crippen LogP contribution in [0.2, 0.25) is 0 Å². The van der Waals surface area contributed by atoms with E-state index < -0.39 is 4.92 Å². The summed E-state index contributed by atoms with van der Waals surface area (Å²) >= 11 is 0. The molecule has 106 valence electrons. The predicted octanol–water partition coefficient (Wildman–Crippen LogP) is 2.70. The van der Waals surface area contributed by atoms with Crippen LogP contribution in [0.1, 0.15) is 0 Å². The minimum atomic E-state index is -0.414. The molecule has 0 unspecified atom stereocenters. The fraction of sp³-hybridized carbons (Fsp3) is 0.133. The van der Waals surface area contributed by atoms with Gasteiger partial charge in [-0.05, 0) is 12.1 Å². The van der Waals surface area contributed by atoms with Gasteiger partial charge in [0.2, 0.25) is 0 Å². The van der Waals surface area contributed by atoms with Gasteiger partial charge in [-0.1, -0.05) is 24.3 Å². The number of hydrogen-bond donors (Lipinski definition) is 2. The van der Waals surface area contributed by atoms with Gasteiger partial charge in [-0.25, -0.2) is 4.98 Å². The zero-order valence-electron chi connectivity index (χ0n) is 11.1. The van der Waals surface area contributed by atoms with Crippen LogP contribution in [-0.2, 0) is 0 Å². The highest BCUT2D eigenvalue weighted by molar-refractivity contribution is 6.11. The average Bonchev–Trinajstić information content (AvgIpc) is 2.50. The first-order chi connectivity index (χ1) is 10.2. The zero-order chi connectivity index (χ0) is 14.8. The molecule has 0 atom stereocenters. The summed E-state index contributed by atoms with van der Waals surface area (Å²) in [6, 6.07) is 12.3. The molecule has 6 nitrogen and oxygen atoms in total. The Morgan fingerprint density at radius 2 is 1.90 bits per heavy atom. The average molecular weight is 283 g/mol. The van der Waals surface area contributed by atoms with E-state index in [2.05, 4.69) is 10.3 Å². The van der Waals surface area contributed by atoms with E-state index in [1.807, 2.05) is 24.3 Å². The van der Waals surface area contributed by atoms with E-state index >= 15 is 0 Å². The van der Waals surface area contributed by atoms with Crippen LogP contribution < -0.4 is 5.32 Å². The molecular formula is C15H13N3O3. The lowest BCUT2D eigenvalue weighted by atomic mass is 10.1. The maximum Gasteiger partial charge on any atom is 0.280 e. The van der Waals surface area contributed by atoms with Gasteiger partial charge in [0, 0.05) is 18.0 Å². The quantitative estimate of drug-likeness (QED) is 0.436. The van der Waals surface area contributed by atoms with E-state index in [9.17, 15) is 10.1 Å². The van der Waals surface area contributed by atoms with E-state index in [1.165, 1.54) is 6.07 Å². The van der Waals surface area contributed by atoms with E-state index in [4.69, 9.17) is 5.11 Å². The van der Waals surface area contributed by atoms with Crippen molar-refractivity contribution < 1.29 is 10.0 Å². The highest BCUT2D eigenvalue weighted by Crippen LogP contribution is 2.36. The fourth-order valence-corrected chi connectivity index (χ4v) is 2.44. The number of aliphatic hydroxyl groups excluding tert-OH is 1. The van der Waals surface area contributed by atoms with Gasteiger partial charge in [0.05, 0.1) is 28.3 Å². The Balaban J connectivity index is 2.43. The second kappa shape index (κ2) is 5.34. The van der Waals surface area contributed by atoms with Gasteiger partial charge >= 0.3 is 0 Å². The number of nitro groups is 1. The highest BCUT2D eigenvalue weighted by Gasteiger charge is 2.18. The number of para-hydroxylation sites is 1. The lowest BCUT2D eigenvalue weighted by molar-refractivity contribution is -0.383. The van der Waals surface area contributed by atoms with Crippen molar-refractivity contribution in [3.8, 4) is 0 Å². The lowest BCUT2D eigenvalue weighted by Gasteiger charge is -2.12. The molecule has 0 bridgehead atoms. The smallest absolute Gasteiger partial charge is 0.280 e. The molecule has 6 heteroatoms. The van der Waals surface area contributed by atoms with Crippen molar-refractivity contribution in [2.75, 3.05) is 18.5 Å². The number of non-ortho nitro benzene ring substituents is 1. The van der Waals surface area contributed by atoms with Gasteiger partial charge in [-0.15, -0.1) is 0 Å². The van der Waals surface area contributed by atoms with Crippen LogP contribution in [0.4, 0.5) is 11.4 Å². The minimum Gasteiger partial charge on any atom is -0.395 e. The molecule has 1 heterocycles. The third-order valence-electron chi connectivity index (χ3n) is 3.30. The Bertz CT molecular complexity index is 833. The van der Waals surface area contributed by atoms with Gasteiger partial charge in [-0.2, -0.15) is 0 Å². The van der Waals surface area contributed by atoms with E-state index in [-0.39, 0.29) is 12.3 Å². The number of aromatic nitrogens is 1. The molecule has 0 amide bonds. The largest absolute Gasteiger partial charge is 0.395 e. The summed E-state index contributed by atoms with van der Waals surface area (Å²) < 4.78 is 0. The van der Waals surface area contributed by atoms with Crippen LogP contribution in [0.25, 0.3) is 21.8 Å². The molecule has 2 aromatic carbocycles. The van der Waals surface area contributed by atoms with Crippen molar-refractivity contribution in [2.24, 2.45) is 0 Å². The van der Waals surface area contributed by atoms with E-state index in [0.717, 1.165) is 10.9 Å². The first-order valence-corrected chi connectivity index (χ1v) is 6.53. The summed E-state index contributed by atoms with van der Waals surface area (Å²) in [5.41, 5.74) is 1.96. The van der Waals surface area contributed by atoms with Crippen molar-refractivity contribution in [2.45, 2.75) is 0 Å². The van der Waals surface area contributed by atoms with Gasteiger partial charge in [0.15, 0.2) is 0 Å². The summed E-state index contributed by atoms with van der Waals surface area (Å²) in [5, 5.41) is 24.7. The molecule has 1 aromatic heterocycles. The number of pyridine rings is 1. The molecule has 0 saturated carbocycles. The number of nitrogens with zero attached hydrogens (tertiary/aromatic N) is 2. The van der Waals surface area contributed by atoms with Crippen LogP contribution >= 0.6 is 0 Å². The van der Waals surface area contributed by atoms with Crippen LogP contribution in [0.15, 0.2) is 42.5 Å². The summed E-state index contributed by atoms with van der Waals surface area (Å²) in [6.07, 6.45) is 0. The molecule has 0 saturated heterocycles. The van der Waals surface area contributed by atoms with E-state index in [1.54, 1.807) is 12.1 Å².